The molecule has 15 heavy (non-hydrogen) atoms. The molecule has 80 valence electrons. The number of ether oxygens (including phenoxy) is 1. The molecule has 2 amide bonds. The van der Waals surface area contributed by atoms with Crippen molar-refractivity contribution in [1.29, 1.82) is 0 Å². The Bertz CT molecular complexity index is 360. The molecule has 1 aliphatic heterocycles. The van der Waals surface area contributed by atoms with Gasteiger partial charge in [0.2, 0.25) is 5.91 Å². The molecule has 0 aliphatic carbocycles. The molecular weight excluding hydrogens is 200 g/mol. The smallest absolute Gasteiger partial charge is 0.407 e. The first kappa shape index (κ1) is 9.57. The molecule has 2 rings (SSSR count). The molecule has 1 aliphatic rings. The van der Waals surface area contributed by atoms with Crippen LogP contribution in [0, 0.1) is 0 Å². The van der Waals surface area contributed by atoms with E-state index in [2.05, 4.69) is 15.4 Å². The largest absolute Gasteiger partial charge is 0.467 e. The summed E-state index contributed by atoms with van der Waals surface area (Å²) in [6, 6.07) is 2.89. The molecule has 0 bridgehead atoms. The number of hydrogen-bond acceptors (Lipinski definition) is 4. The van der Waals surface area contributed by atoms with Crippen LogP contribution in [0.4, 0.5) is 4.79 Å². The monoisotopic (exact) mass is 210 g/mol. The van der Waals surface area contributed by atoms with Gasteiger partial charge in [-0.25, -0.2) is 4.79 Å². The Morgan fingerprint density at radius 1 is 1.67 bits per heavy atom. The summed E-state index contributed by atoms with van der Waals surface area (Å²) in [5, 5.41) is 5.00. The lowest BCUT2D eigenvalue weighted by molar-refractivity contribution is -0.123. The standard InChI is InChI=1S/C9H10N2O4/c12-8(7-5-15-9(13)11-7)10-4-6-2-1-3-14-6/h1-3,7H,4-5H2,(H,10,12)(H,11,13). The van der Waals surface area contributed by atoms with Gasteiger partial charge in [0.15, 0.2) is 0 Å². The van der Waals surface area contributed by atoms with Crippen molar-refractivity contribution in [2.75, 3.05) is 6.61 Å². The fraction of sp³-hybridized carbons (Fsp3) is 0.333. The molecule has 1 aromatic heterocycles. The molecule has 1 fully saturated rings. The molecule has 1 atom stereocenters. The van der Waals surface area contributed by atoms with E-state index in [1.807, 2.05) is 0 Å². The first-order valence-corrected chi connectivity index (χ1v) is 4.49. The Kier molecular flexibility index (Phi) is 2.57. The van der Waals surface area contributed by atoms with Crippen LogP contribution in [0.2, 0.25) is 0 Å². The topological polar surface area (TPSA) is 80.6 Å². The normalized spacial score (nSPS) is 19.5. The first-order valence-electron chi connectivity index (χ1n) is 4.49. The third-order valence-electron chi connectivity index (χ3n) is 2.01. The lowest BCUT2D eigenvalue weighted by Gasteiger charge is -2.07. The van der Waals surface area contributed by atoms with Gasteiger partial charge >= 0.3 is 6.09 Å². The third-order valence-corrected chi connectivity index (χ3v) is 2.01. The second-order valence-electron chi connectivity index (χ2n) is 3.09. The quantitative estimate of drug-likeness (QED) is 0.736. The molecule has 0 spiro atoms. The number of nitrogens with one attached hydrogen (secondary N) is 2. The molecular formula is C9H10N2O4. The summed E-state index contributed by atoms with van der Waals surface area (Å²) in [6.45, 7) is 0.376. The van der Waals surface area contributed by atoms with Crippen LogP contribution >= 0.6 is 0 Å². The zero-order chi connectivity index (χ0) is 10.7. The number of carbonyl (C=O) groups excluding carboxylic acids is 2. The molecule has 1 unspecified atom stereocenters. The lowest BCUT2D eigenvalue weighted by Crippen LogP contribution is -2.42. The van der Waals surface area contributed by atoms with Crippen LogP contribution in [0.1, 0.15) is 5.76 Å². The second kappa shape index (κ2) is 4.04. The van der Waals surface area contributed by atoms with E-state index in [4.69, 9.17) is 4.42 Å². The van der Waals surface area contributed by atoms with Crippen LogP contribution in [-0.4, -0.2) is 24.6 Å². The minimum atomic E-state index is -0.604. The summed E-state index contributed by atoms with van der Waals surface area (Å²) < 4.78 is 9.62. The van der Waals surface area contributed by atoms with Gasteiger partial charge in [-0.3, -0.25) is 4.79 Å². The molecule has 0 saturated carbocycles. The van der Waals surface area contributed by atoms with Gasteiger partial charge < -0.3 is 19.8 Å². The number of carbonyl (C=O) groups is 2. The summed E-state index contributed by atoms with van der Waals surface area (Å²) >= 11 is 0. The molecule has 2 N–H and O–H groups in total. The van der Waals surface area contributed by atoms with Crippen molar-refractivity contribution in [2.24, 2.45) is 0 Å². The van der Waals surface area contributed by atoms with Crippen molar-refractivity contribution in [3.63, 3.8) is 0 Å². The van der Waals surface area contributed by atoms with Gasteiger partial charge in [0.05, 0.1) is 12.8 Å². The van der Waals surface area contributed by atoms with E-state index in [0.29, 0.717) is 12.3 Å². The van der Waals surface area contributed by atoms with Crippen molar-refractivity contribution < 1.29 is 18.7 Å². The Hall–Kier alpha value is -1.98. The average Bonchev–Trinajstić information content (AvgIpc) is 2.84. The maximum atomic E-state index is 11.4. The molecule has 0 aromatic carbocycles. The molecule has 1 saturated heterocycles. The average molecular weight is 210 g/mol. The fourth-order valence-corrected chi connectivity index (χ4v) is 1.24. The minimum Gasteiger partial charge on any atom is -0.467 e. The van der Waals surface area contributed by atoms with E-state index >= 15 is 0 Å². The van der Waals surface area contributed by atoms with Crippen LogP contribution in [0.25, 0.3) is 0 Å². The van der Waals surface area contributed by atoms with Crippen molar-refractivity contribution in [3.8, 4) is 0 Å². The van der Waals surface area contributed by atoms with Crippen LogP contribution in [0.3, 0.4) is 0 Å². The maximum Gasteiger partial charge on any atom is 0.407 e. The number of rotatable bonds is 3. The summed E-state index contributed by atoms with van der Waals surface area (Å²) in [5.74, 6) is 0.380. The summed E-state index contributed by atoms with van der Waals surface area (Å²) in [7, 11) is 0. The van der Waals surface area contributed by atoms with Gasteiger partial charge in [0.25, 0.3) is 0 Å². The molecule has 6 heteroatoms. The van der Waals surface area contributed by atoms with E-state index in [-0.39, 0.29) is 12.5 Å². The van der Waals surface area contributed by atoms with Crippen molar-refractivity contribution in [3.05, 3.63) is 24.2 Å². The van der Waals surface area contributed by atoms with Gasteiger partial charge in [-0.15, -0.1) is 0 Å². The SMILES string of the molecule is O=C1NC(C(=O)NCc2ccco2)CO1. The maximum absolute atomic E-state index is 11.4. The zero-order valence-corrected chi connectivity index (χ0v) is 7.86. The zero-order valence-electron chi connectivity index (χ0n) is 7.86. The first-order chi connectivity index (χ1) is 7.25. The number of amides is 2. The van der Waals surface area contributed by atoms with E-state index in [0.717, 1.165) is 0 Å². The molecule has 6 nitrogen and oxygen atoms in total. The highest BCUT2D eigenvalue weighted by Gasteiger charge is 2.28. The number of alkyl carbamates (subject to hydrolysis) is 1. The van der Waals surface area contributed by atoms with E-state index < -0.39 is 12.1 Å². The molecule has 2 heterocycles. The van der Waals surface area contributed by atoms with Crippen LogP contribution in [0.15, 0.2) is 22.8 Å². The van der Waals surface area contributed by atoms with E-state index in [1.54, 1.807) is 12.1 Å². The fourth-order valence-electron chi connectivity index (χ4n) is 1.24. The van der Waals surface area contributed by atoms with Crippen molar-refractivity contribution in [2.45, 2.75) is 12.6 Å². The van der Waals surface area contributed by atoms with Gasteiger partial charge in [0.1, 0.15) is 18.4 Å². The van der Waals surface area contributed by atoms with E-state index in [1.165, 1.54) is 6.26 Å². The highest BCUT2D eigenvalue weighted by Crippen LogP contribution is 2.01. The lowest BCUT2D eigenvalue weighted by atomic mass is 10.3. The van der Waals surface area contributed by atoms with Gasteiger partial charge in [0, 0.05) is 0 Å². The van der Waals surface area contributed by atoms with Gasteiger partial charge in [-0.1, -0.05) is 0 Å². The number of cyclic esters (lactones) is 1. The number of furan rings is 1. The minimum absolute atomic E-state index is 0.0722. The van der Waals surface area contributed by atoms with Crippen LogP contribution in [0.5, 0.6) is 0 Å². The predicted molar refractivity (Wildman–Crippen MR) is 48.8 cm³/mol. The summed E-state index contributed by atoms with van der Waals surface area (Å²) in [6.07, 6.45) is 0.968. The van der Waals surface area contributed by atoms with Gasteiger partial charge in [-0.2, -0.15) is 0 Å². The summed E-state index contributed by atoms with van der Waals surface area (Å²) in [5.41, 5.74) is 0. The van der Waals surface area contributed by atoms with Crippen LogP contribution < -0.4 is 10.6 Å². The number of hydrogen-bond donors (Lipinski definition) is 2. The highest BCUT2D eigenvalue weighted by atomic mass is 16.6. The van der Waals surface area contributed by atoms with E-state index in [9.17, 15) is 9.59 Å². The Morgan fingerprint density at radius 2 is 2.53 bits per heavy atom. The Labute approximate surface area is 85.6 Å². The van der Waals surface area contributed by atoms with Gasteiger partial charge in [-0.05, 0) is 12.1 Å². The Balaban J connectivity index is 1.80. The van der Waals surface area contributed by atoms with Crippen molar-refractivity contribution in [1.82, 2.24) is 10.6 Å². The molecule has 1 aromatic rings. The summed E-state index contributed by atoms with van der Waals surface area (Å²) in [4.78, 5) is 22.1. The van der Waals surface area contributed by atoms with Crippen molar-refractivity contribution >= 4 is 12.0 Å². The third kappa shape index (κ3) is 2.28. The Morgan fingerprint density at radius 3 is 3.13 bits per heavy atom. The second-order valence-corrected chi connectivity index (χ2v) is 3.09. The molecule has 0 radical (unpaired) electrons. The predicted octanol–water partition coefficient (Wildman–Crippen LogP) is 0.00420. The van der Waals surface area contributed by atoms with Crippen LogP contribution in [-0.2, 0) is 16.1 Å². The highest BCUT2D eigenvalue weighted by molar-refractivity contribution is 5.87.